The molecule has 1 aliphatic heterocycles. The number of carbonyl (C=O) groups is 2. The number of carbonyl (C=O) groups excluding carboxylic acids is 2. The van der Waals surface area contributed by atoms with Crippen LogP contribution in [0.3, 0.4) is 0 Å². The Morgan fingerprint density at radius 3 is 2.14 bits per heavy atom. The molecule has 17 heteroatoms. The first-order chi connectivity index (χ1) is 28.4. The number of aromatic nitrogens is 2. The molecule has 0 radical (unpaired) electrons. The van der Waals surface area contributed by atoms with Crippen molar-refractivity contribution in [1.29, 1.82) is 0 Å². The van der Waals surface area contributed by atoms with Gasteiger partial charge in [-0.15, -0.1) is 0 Å². The Balaban J connectivity index is 0.892. The minimum absolute atomic E-state index is 0.137. The molecule has 0 bridgehead atoms. The van der Waals surface area contributed by atoms with Crippen molar-refractivity contribution >= 4 is 40.2 Å². The van der Waals surface area contributed by atoms with Gasteiger partial charge < -0.3 is 46.1 Å². The van der Waals surface area contributed by atoms with Gasteiger partial charge in [-0.3, -0.25) is 14.6 Å². The van der Waals surface area contributed by atoms with E-state index in [-0.39, 0.29) is 24.9 Å². The Morgan fingerprint density at radius 2 is 1.51 bits per heavy atom. The zero-order valence-corrected chi connectivity index (χ0v) is 33.7. The fourth-order valence-electron chi connectivity index (χ4n) is 6.12. The van der Waals surface area contributed by atoms with E-state index in [1.807, 2.05) is 48.5 Å². The molecule has 310 valence electrons. The summed E-state index contributed by atoms with van der Waals surface area (Å²) in [6.45, 7) is 1.12. The number of hydrogen-bond donors (Lipinski definition) is 6. The van der Waals surface area contributed by atoms with Crippen LogP contribution < -0.4 is 31.2 Å². The molecular weight excluding hydrogens is 884 g/mol. The zero-order valence-electron chi connectivity index (χ0n) is 31.5. The van der Waals surface area contributed by atoms with Crippen LogP contribution in [0.25, 0.3) is 11.1 Å². The molecule has 2 heterocycles. The molecule has 4 aromatic carbocycles. The van der Waals surface area contributed by atoms with Gasteiger partial charge in [0.25, 0.3) is 11.8 Å². The molecular formula is C42H42F3IN6O7. The van der Waals surface area contributed by atoms with E-state index in [0.717, 1.165) is 33.1 Å². The lowest BCUT2D eigenvalue weighted by molar-refractivity contribution is -0.141. The van der Waals surface area contributed by atoms with Crippen LogP contribution >= 0.6 is 22.6 Å². The lowest BCUT2D eigenvalue weighted by Gasteiger charge is -2.38. The van der Waals surface area contributed by atoms with Crippen molar-refractivity contribution in [3.05, 3.63) is 129 Å². The van der Waals surface area contributed by atoms with Crippen molar-refractivity contribution in [3.8, 4) is 28.4 Å². The van der Waals surface area contributed by atoms with Crippen LogP contribution in [0.5, 0.6) is 17.2 Å². The molecule has 1 aliphatic rings. The third kappa shape index (κ3) is 11.9. The van der Waals surface area contributed by atoms with Crippen LogP contribution in [-0.4, -0.2) is 89.2 Å². The predicted molar refractivity (Wildman–Crippen MR) is 221 cm³/mol. The van der Waals surface area contributed by atoms with E-state index in [9.17, 15) is 33.0 Å². The third-order valence-electron chi connectivity index (χ3n) is 9.34. The van der Waals surface area contributed by atoms with Crippen LogP contribution in [0.15, 0.2) is 103 Å². The second-order valence-corrected chi connectivity index (χ2v) is 14.8. The van der Waals surface area contributed by atoms with E-state index in [4.69, 9.17) is 19.9 Å². The molecule has 59 heavy (non-hydrogen) atoms. The summed E-state index contributed by atoms with van der Waals surface area (Å²) in [5.74, 6) is 1.25. The lowest BCUT2D eigenvalue weighted by Crippen LogP contribution is -2.58. The normalized spacial score (nSPS) is 17.8. The standard InChI is InChI=1S/C42H42F3IN6O7/c43-42(44,45)36-22-48-23-37(52-36)51-33-24-58-35(39(54)38(33)53)21-50-41(56)29-9-5-27(6-10-29)26-3-7-28(8-4-26)40(55)49-18-1-19-57-30-11-13-31(14-12-30)59-34-15-2-25(16-17-47)20-32(34)46/h2-15,20,22-23,33,35,38-39,53-54H,1,16-19,21,24,47H2,(H,49,55)(H,50,56)(H,51,52)/t33-,35+,38+,39-/m0/s1. The van der Waals surface area contributed by atoms with Crippen molar-refractivity contribution < 1.29 is 47.2 Å². The van der Waals surface area contributed by atoms with Crippen LogP contribution in [-0.2, 0) is 17.3 Å². The van der Waals surface area contributed by atoms with E-state index in [1.165, 1.54) is 5.56 Å². The van der Waals surface area contributed by atoms with Gasteiger partial charge in [-0.25, -0.2) is 4.98 Å². The number of nitrogens with zero attached hydrogens (tertiary/aromatic N) is 2. The smallest absolute Gasteiger partial charge is 0.434 e. The second-order valence-electron chi connectivity index (χ2n) is 13.6. The van der Waals surface area contributed by atoms with Gasteiger partial charge in [0.05, 0.1) is 35.2 Å². The molecule has 13 nitrogen and oxygen atoms in total. The van der Waals surface area contributed by atoms with Crippen LogP contribution in [0.1, 0.15) is 38.4 Å². The number of ether oxygens (including phenoxy) is 3. The SMILES string of the molecule is NCCc1ccc(Oc2ccc(OCCCNC(=O)c3ccc(-c4ccc(C(=O)NC[C@H]5OC[C@H](Nc6cncc(C(F)(F)F)n6)[C@@H](O)[C@H]5O)cc4)cc3)cc2)c(I)c1. The molecule has 5 aromatic rings. The number of amides is 2. The number of anilines is 1. The summed E-state index contributed by atoms with van der Waals surface area (Å²) in [6.07, 6.45) is -5.52. The number of aliphatic hydroxyl groups is 2. The van der Waals surface area contributed by atoms with Gasteiger partial charge in [0.15, 0.2) is 5.69 Å². The van der Waals surface area contributed by atoms with Crippen LogP contribution in [0, 0.1) is 3.57 Å². The van der Waals surface area contributed by atoms with Gasteiger partial charge in [-0.2, -0.15) is 13.2 Å². The minimum Gasteiger partial charge on any atom is -0.494 e. The summed E-state index contributed by atoms with van der Waals surface area (Å²) >= 11 is 2.25. The van der Waals surface area contributed by atoms with E-state index in [0.29, 0.717) is 54.9 Å². The predicted octanol–water partition coefficient (Wildman–Crippen LogP) is 5.59. The summed E-state index contributed by atoms with van der Waals surface area (Å²) in [7, 11) is 0. The van der Waals surface area contributed by atoms with E-state index < -0.39 is 42.1 Å². The second kappa shape index (κ2) is 20.1. The van der Waals surface area contributed by atoms with Gasteiger partial charge in [-0.1, -0.05) is 30.3 Å². The highest BCUT2D eigenvalue weighted by Gasteiger charge is 2.39. The molecule has 1 saturated heterocycles. The lowest BCUT2D eigenvalue weighted by atomic mass is 9.97. The van der Waals surface area contributed by atoms with Crippen LogP contribution in [0.4, 0.5) is 19.0 Å². The fraction of sp³-hybridized carbons (Fsp3) is 0.286. The molecule has 0 spiro atoms. The largest absolute Gasteiger partial charge is 0.494 e. The quantitative estimate of drug-likeness (QED) is 0.0535. The van der Waals surface area contributed by atoms with Crippen molar-refractivity contribution in [1.82, 2.24) is 20.6 Å². The van der Waals surface area contributed by atoms with Crippen molar-refractivity contribution in [2.75, 3.05) is 38.2 Å². The maximum Gasteiger partial charge on any atom is 0.434 e. The Bertz CT molecular complexity index is 2180. The molecule has 1 fully saturated rings. The zero-order chi connectivity index (χ0) is 41.9. The molecule has 6 rings (SSSR count). The van der Waals surface area contributed by atoms with Gasteiger partial charge in [0, 0.05) is 24.2 Å². The van der Waals surface area contributed by atoms with E-state index in [1.54, 1.807) is 36.4 Å². The molecule has 0 saturated carbocycles. The summed E-state index contributed by atoms with van der Waals surface area (Å²) in [4.78, 5) is 32.6. The summed E-state index contributed by atoms with van der Waals surface area (Å²) in [5.41, 5.74) is 8.09. The average Bonchev–Trinajstić information content (AvgIpc) is 3.23. The number of halogens is 4. The number of hydrogen-bond acceptors (Lipinski definition) is 11. The number of rotatable bonds is 16. The monoisotopic (exact) mass is 926 g/mol. The van der Waals surface area contributed by atoms with Crippen LogP contribution in [0.2, 0.25) is 0 Å². The maximum absolute atomic E-state index is 13.0. The Labute approximate surface area is 351 Å². The van der Waals surface area contributed by atoms with E-state index >= 15 is 0 Å². The summed E-state index contributed by atoms with van der Waals surface area (Å²) < 4.78 is 57.4. The molecule has 7 N–H and O–H groups in total. The first-order valence-corrected chi connectivity index (χ1v) is 19.8. The van der Waals surface area contributed by atoms with Crippen molar-refractivity contribution in [3.63, 3.8) is 0 Å². The highest BCUT2D eigenvalue weighted by Crippen LogP contribution is 2.30. The summed E-state index contributed by atoms with van der Waals surface area (Å²) in [6, 6.07) is 26.2. The minimum atomic E-state index is -4.70. The number of alkyl halides is 3. The van der Waals surface area contributed by atoms with Gasteiger partial charge in [-0.05, 0) is 119 Å². The van der Waals surface area contributed by atoms with Gasteiger partial charge in [0.2, 0.25) is 0 Å². The number of nitrogens with one attached hydrogen (secondary N) is 3. The average molecular weight is 927 g/mol. The number of nitrogens with two attached hydrogens (primary N) is 1. The molecule has 4 atom stereocenters. The molecule has 2 amide bonds. The number of aliphatic hydroxyl groups excluding tert-OH is 2. The molecule has 1 aromatic heterocycles. The topological polar surface area (TPSA) is 190 Å². The maximum atomic E-state index is 13.0. The van der Waals surface area contributed by atoms with E-state index in [2.05, 4.69) is 54.6 Å². The Hall–Kier alpha value is -5.34. The fourth-order valence-corrected chi connectivity index (χ4v) is 6.81. The summed E-state index contributed by atoms with van der Waals surface area (Å²) in [5, 5.41) is 29.4. The van der Waals surface area contributed by atoms with Crippen molar-refractivity contribution in [2.45, 2.75) is 43.4 Å². The first kappa shape index (κ1) is 43.2. The Kier molecular flexibility index (Phi) is 14.7. The molecule has 0 unspecified atom stereocenters. The first-order valence-electron chi connectivity index (χ1n) is 18.7. The Morgan fingerprint density at radius 1 is 0.864 bits per heavy atom. The highest BCUT2D eigenvalue weighted by molar-refractivity contribution is 14.1. The van der Waals surface area contributed by atoms with Gasteiger partial charge in [0.1, 0.15) is 41.4 Å². The molecule has 0 aliphatic carbocycles. The highest BCUT2D eigenvalue weighted by atomic mass is 127. The number of benzene rings is 4. The third-order valence-corrected chi connectivity index (χ3v) is 10.2. The van der Waals surface area contributed by atoms with Crippen molar-refractivity contribution in [2.24, 2.45) is 5.73 Å². The van der Waals surface area contributed by atoms with Gasteiger partial charge >= 0.3 is 6.18 Å².